The van der Waals surface area contributed by atoms with Crippen LogP contribution in [0, 0.1) is 0 Å². The van der Waals surface area contributed by atoms with E-state index < -0.39 is 0 Å². The first-order valence-electron chi connectivity index (χ1n) is 9.32. The average Bonchev–Trinajstić information content (AvgIpc) is 2.61. The summed E-state index contributed by atoms with van der Waals surface area (Å²) in [6.07, 6.45) is 0.163. The summed E-state index contributed by atoms with van der Waals surface area (Å²) >= 11 is 0. The van der Waals surface area contributed by atoms with E-state index in [9.17, 15) is 14.4 Å². The highest BCUT2D eigenvalue weighted by Crippen LogP contribution is 2.21. The van der Waals surface area contributed by atoms with Crippen molar-refractivity contribution < 1.29 is 14.4 Å². The van der Waals surface area contributed by atoms with E-state index in [1.54, 1.807) is 24.3 Å². The normalized spacial score (nSPS) is 10.5. The molecule has 2 N–H and O–H groups in total. The number of nitrogens with one attached hydrogen (secondary N) is 2. The number of benzene rings is 2. The Kier molecular flexibility index (Phi) is 7.32. The molecule has 6 heteroatoms. The molecule has 0 aromatic heterocycles. The Labute approximate surface area is 165 Å². The molecule has 0 bridgehead atoms. The standard InChI is InChI=1S/C22H27N3O3/c1-15(2)18-8-10-19(11-9-18)24-22(28)12-13-25(17(4)27)21-7-5-6-20(14-21)23-16(3)26/h5-11,14-15H,12-13H2,1-4H3,(H,23,26)(H,24,28). The van der Waals surface area contributed by atoms with Crippen molar-refractivity contribution in [1.82, 2.24) is 0 Å². The van der Waals surface area contributed by atoms with Crippen LogP contribution in [0.15, 0.2) is 48.5 Å². The highest BCUT2D eigenvalue weighted by Gasteiger charge is 2.14. The third-order valence-corrected chi connectivity index (χ3v) is 4.28. The Bertz CT molecular complexity index is 844. The first-order chi connectivity index (χ1) is 13.3. The second-order valence-electron chi connectivity index (χ2n) is 6.98. The van der Waals surface area contributed by atoms with E-state index in [2.05, 4.69) is 24.5 Å². The van der Waals surface area contributed by atoms with Gasteiger partial charge in [0.15, 0.2) is 0 Å². The summed E-state index contributed by atoms with van der Waals surface area (Å²) in [5, 5.41) is 5.55. The summed E-state index contributed by atoms with van der Waals surface area (Å²) in [6.45, 7) is 7.35. The molecule has 0 heterocycles. The number of anilines is 3. The van der Waals surface area contributed by atoms with Gasteiger partial charge in [0, 0.05) is 43.9 Å². The van der Waals surface area contributed by atoms with Crippen LogP contribution in [0.4, 0.5) is 17.1 Å². The van der Waals surface area contributed by atoms with E-state index in [0.717, 1.165) is 5.69 Å². The van der Waals surface area contributed by atoms with Crippen molar-refractivity contribution in [3.05, 3.63) is 54.1 Å². The third-order valence-electron chi connectivity index (χ3n) is 4.28. The lowest BCUT2D eigenvalue weighted by atomic mass is 10.0. The van der Waals surface area contributed by atoms with Crippen LogP contribution in [0.25, 0.3) is 0 Å². The lowest BCUT2D eigenvalue weighted by Crippen LogP contribution is -2.32. The Morgan fingerprint density at radius 3 is 2.18 bits per heavy atom. The van der Waals surface area contributed by atoms with Gasteiger partial charge in [0.2, 0.25) is 17.7 Å². The molecule has 0 spiro atoms. The predicted molar refractivity (Wildman–Crippen MR) is 113 cm³/mol. The van der Waals surface area contributed by atoms with Crippen LogP contribution in [0.1, 0.15) is 45.6 Å². The fourth-order valence-corrected chi connectivity index (χ4v) is 2.81. The summed E-state index contributed by atoms with van der Waals surface area (Å²) in [5.41, 5.74) is 3.18. The van der Waals surface area contributed by atoms with Crippen LogP contribution in [0.2, 0.25) is 0 Å². The van der Waals surface area contributed by atoms with Gasteiger partial charge in [-0.25, -0.2) is 0 Å². The zero-order valence-corrected chi connectivity index (χ0v) is 16.8. The first kappa shape index (κ1) is 21.2. The first-order valence-corrected chi connectivity index (χ1v) is 9.32. The second-order valence-corrected chi connectivity index (χ2v) is 6.98. The maximum atomic E-state index is 12.3. The zero-order valence-electron chi connectivity index (χ0n) is 16.8. The van der Waals surface area contributed by atoms with Crippen LogP contribution in [0.3, 0.4) is 0 Å². The Balaban J connectivity index is 2.00. The van der Waals surface area contributed by atoms with Crippen molar-refractivity contribution in [3.8, 4) is 0 Å². The molecule has 0 aliphatic rings. The van der Waals surface area contributed by atoms with Crippen molar-refractivity contribution in [1.29, 1.82) is 0 Å². The molecule has 28 heavy (non-hydrogen) atoms. The summed E-state index contributed by atoms with van der Waals surface area (Å²) in [6, 6.07) is 14.7. The minimum Gasteiger partial charge on any atom is -0.326 e. The molecule has 148 valence electrons. The Hall–Kier alpha value is -3.15. The predicted octanol–water partition coefficient (Wildman–Crippen LogP) is 4.15. The largest absolute Gasteiger partial charge is 0.326 e. The molecule has 2 rings (SSSR count). The number of amides is 3. The molecule has 0 aliphatic carbocycles. The Morgan fingerprint density at radius 2 is 1.61 bits per heavy atom. The van der Waals surface area contributed by atoms with Crippen LogP contribution < -0.4 is 15.5 Å². The quantitative estimate of drug-likeness (QED) is 0.756. The summed E-state index contributed by atoms with van der Waals surface area (Å²) in [5.74, 6) is -0.0906. The number of hydrogen-bond donors (Lipinski definition) is 2. The smallest absolute Gasteiger partial charge is 0.226 e. The zero-order chi connectivity index (χ0) is 20.7. The second kappa shape index (κ2) is 9.69. The minimum absolute atomic E-state index is 0.163. The van der Waals surface area contributed by atoms with Crippen LogP contribution in [0.5, 0.6) is 0 Å². The highest BCUT2D eigenvalue weighted by atomic mass is 16.2. The molecular formula is C22H27N3O3. The SMILES string of the molecule is CC(=O)Nc1cccc(N(CCC(=O)Nc2ccc(C(C)C)cc2)C(C)=O)c1. The van der Waals surface area contributed by atoms with Gasteiger partial charge < -0.3 is 15.5 Å². The number of carbonyl (C=O) groups is 3. The molecule has 2 aromatic carbocycles. The van der Waals surface area contributed by atoms with E-state index in [4.69, 9.17) is 0 Å². The van der Waals surface area contributed by atoms with Crippen molar-refractivity contribution >= 4 is 34.8 Å². The fraction of sp³-hybridized carbons (Fsp3) is 0.318. The van der Waals surface area contributed by atoms with Gasteiger partial charge >= 0.3 is 0 Å². The van der Waals surface area contributed by atoms with Gasteiger partial charge in [0.25, 0.3) is 0 Å². The molecule has 0 unspecified atom stereocenters. The van der Waals surface area contributed by atoms with Gasteiger partial charge in [-0.05, 0) is 41.8 Å². The van der Waals surface area contributed by atoms with Gasteiger partial charge in [-0.3, -0.25) is 14.4 Å². The summed E-state index contributed by atoms with van der Waals surface area (Å²) in [7, 11) is 0. The maximum absolute atomic E-state index is 12.3. The molecule has 0 radical (unpaired) electrons. The summed E-state index contributed by atoms with van der Waals surface area (Å²) in [4.78, 5) is 37.1. The van der Waals surface area contributed by atoms with E-state index in [-0.39, 0.29) is 30.7 Å². The van der Waals surface area contributed by atoms with E-state index in [1.807, 2.05) is 24.3 Å². The van der Waals surface area contributed by atoms with Gasteiger partial charge in [0.1, 0.15) is 0 Å². The van der Waals surface area contributed by atoms with E-state index in [0.29, 0.717) is 17.3 Å². The third kappa shape index (κ3) is 6.23. The Morgan fingerprint density at radius 1 is 0.929 bits per heavy atom. The molecule has 6 nitrogen and oxygen atoms in total. The molecular weight excluding hydrogens is 354 g/mol. The highest BCUT2D eigenvalue weighted by molar-refractivity contribution is 5.96. The molecule has 0 saturated heterocycles. The molecule has 0 saturated carbocycles. The van der Waals surface area contributed by atoms with E-state index >= 15 is 0 Å². The topological polar surface area (TPSA) is 78.5 Å². The lowest BCUT2D eigenvalue weighted by Gasteiger charge is -2.21. The molecule has 0 aliphatic heterocycles. The van der Waals surface area contributed by atoms with Crippen molar-refractivity contribution in [2.24, 2.45) is 0 Å². The molecule has 0 fully saturated rings. The lowest BCUT2D eigenvalue weighted by molar-refractivity contribution is -0.117. The monoisotopic (exact) mass is 381 g/mol. The van der Waals surface area contributed by atoms with Crippen molar-refractivity contribution in [2.45, 2.75) is 40.0 Å². The molecule has 2 aromatic rings. The summed E-state index contributed by atoms with van der Waals surface area (Å²) < 4.78 is 0. The number of rotatable bonds is 7. The number of carbonyl (C=O) groups excluding carboxylic acids is 3. The van der Waals surface area contributed by atoms with Gasteiger partial charge in [-0.2, -0.15) is 0 Å². The van der Waals surface area contributed by atoms with Gasteiger partial charge in [0.05, 0.1) is 0 Å². The number of nitrogens with zero attached hydrogens (tertiary/aromatic N) is 1. The number of hydrogen-bond acceptors (Lipinski definition) is 3. The van der Waals surface area contributed by atoms with Crippen molar-refractivity contribution in [3.63, 3.8) is 0 Å². The van der Waals surface area contributed by atoms with Gasteiger partial charge in [-0.15, -0.1) is 0 Å². The molecule has 3 amide bonds. The van der Waals surface area contributed by atoms with Crippen LogP contribution >= 0.6 is 0 Å². The van der Waals surface area contributed by atoms with Gasteiger partial charge in [-0.1, -0.05) is 32.0 Å². The van der Waals surface area contributed by atoms with Crippen molar-refractivity contribution in [2.75, 3.05) is 22.1 Å². The molecule has 0 atom stereocenters. The van der Waals surface area contributed by atoms with E-state index in [1.165, 1.54) is 24.3 Å². The van der Waals surface area contributed by atoms with Crippen LogP contribution in [-0.2, 0) is 14.4 Å². The average molecular weight is 381 g/mol. The van der Waals surface area contributed by atoms with Crippen LogP contribution in [-0.4, -0.2) is 24.3 Å². The maximum Gasteiger partial charge on any atom is 0.226 e. The minimum atomic E-state index is -0.186. The fourth-order valence-electron chi connectivity index (χ4n) is 2.81.